The van der Waals surface area contributed by atoms with Crippen LogP contribution in [-0.2, 0) is 5.41 Å². The molecule has 0 aliphatic heterocycles. The summed E-state index contributed by atoms with van der Waals surface area (Å²) in [6.45, 7) is 5.83. The van der Waals surface area contributed by atoms with Gasteiger partial charge in [-0.05, 0) is 12.1 Å². The molecule has 17 heavy (non-hydrogen) atoms. The number of aromatic nitrogens is 2. The van der Waals surface area contributed by atoms with Crippen molar-refractivity contribution in [3.8, 4) is 5.75 Å². The van der Waals surface area contributed by atoms with Crippen molar-refractivity contribution in [1.82, 2.24) is 9.38 Å². The number of carboxylic acids is 1. The first kappa shape index (κ1) is 11.4. The summed E-state index contributed by atoms with van der Waals surface area (Å²) < 4.78 is 1.62. The van der Waals surface area contributed by atoms with Gasteiger partial charge in [-0.15, -0.1) is 0 Å². The van der Waals surface area contributed by atoms with Crippen LogP contribution in [-0.4, -0.2) is 25.6 Å². The van der Waals surface area contributed by atoms with E-state index >= 15 is 0 Å². The molecule has 2 N–H and O–H groups in total. The number of rotatable bonds is 1. The predicted octanol–water partition coefficient (Wildman–Crippen LogP) is 2.04. The van der Waals surface area contributed by atoms with Crippen molar-refractivity contribution in [1.29, 1.82) is 0 Å². The highest BCUT2D eigenvalue weighted by atomic mass is 16.4. The first-order chi connectivity index (χ1) is 7.80. The van der Waals surface area contributed by atoms with Gasteiger partial charge in [0.25, 0.3) is 0 Å². The lowest BCUT2D eigenvalue weighted by molar-refractivity contribution is 0.0693. The van der Waals surface area contributed by atoms with Gasteiger partial charge in [0.1, 0.15) is 11.6 Å². The third-order valence-electron chi connectivity index (χ3n) is 2.49. The van der Waals surface area contributed by atoms with Crippen LogP contribution >= 0.6 is 0 Å². The largest absolute Gasteiger partial charge is 0.506 e. The number of carbonyl (C=O) groups is 1. The lowest BCUT2D eigenvalue weighted by Gasteiger charge is -2.16. The minimum atomic E-state index is -1.07. The highest BCUT2D eigenvalue weighted by molar-refractivity contribution is 5.93. The Morgan fingerprint density at radius 1 is 1.35 bits per heavy atom. The molecule has 90 valence electrons. The summed E-state index contributed by atoms with van der Waals surface area (Å²) in [7, 11) is 0. The molecule has 2 aromatic rings. The molecular formula is C12H14N2O3. The lowest BCUT2D eigenvalue weighted by atomic mass is 9.96. The van der Waals surface area contributed by atoms with Gasteiger partial charge in [0.2, 0.25) is 0 Å². The van der Waals surface area contributed by atoms with E-state index in [1.807, 2.05) is 20.8 Å². The molecule has 2 rings (SSSR count). The molecule has 0 radical (unpaired) electrons. The van der Waals surface area contributed by atoms with E-state index in [-0.39, 0.29) is 16.9 Å². The molecule has 0 fully saturated rings. The number of aromatic hydroxyl groups is 1. The van der Waals surface area contributed by atoms with Crippen molar-refractivity contribution in [3.63, 3.8) is 0 Å². The van der Waals surface area contributed by atoms with Gasteiger partial charge in [-0.25, -0.2) is 9.78 Å². The Labute approximate surface area is 98.3 Å². The SMILES string of the molecule is CC(C)(C)c1nc(C(=O)O)c2ccc(O)cn12. The summed E-state index contributed by atoms with van der Waals surface area (Å²) >= 11 is 0. The molecule has 0 bridgehead atoms. The zero-order valence-corrected chi connectivity index (χ0v) is 9.93. The smallest absolute Gasteiger partial charge is 0.356 e. The normalized spacial score (nSPS) is 11.9. The monoisotopic (exact) mass is 234 g/mol. The van der Waals surface area contributed by atoms with Crippen LogP contribution in [0.1, 0.15) is 37.1 Å². The number of carboxylic acid groups (broad SMARTS) is 1. The standard InChI is InChI=1S/C12H14N2O3/c1-12(2,3)11-13-9(10(16)17)8-5-4-7(15)6-14(8)11/h4-6,15H,1-3H3,(H,16,17). The molecule has 5 heteroatoms. The maximum Gasteiger partial charge on any atom is 0.356 e. The summed E-state index contributed by atoms with van der Waals surface area (Å²) in [6.07, 6.45) is 1.48. The van der Waals surface area contributed by atoms with Crippen molar-refractivity contribution < 1.29 is 15.0 Å². The van der Waals surface area contributed by atoms with E-state index < -0.39 is 5.97 Å². The summed E-state index contributed by atoms with van der Waals surface area (Å²) in [5.41, 5.74) is 0.194. The third kappa shape index (κ3) is 1.84. The number of pyridine rings is 1. The van der Waals surface area contributed by atoms with Gasteiger partial charge in [0, 0.05) is 5.41 Å². The van der Waals surface area contributed by atoms with Gasteiger partial charge < -0.3 is 10.2 Å². The summed E-state index contributed by atoms with van der Waals surface area (Å²) in [4.78, 5) is 15.3. The zero-order chi connectivity index (χ0) is 12.8. The first-order valence-corrected chi connectivity index (χ1v) is 5.25. The van der Waals surface area contributed by atoms with Crippen molar-refractivity contribution in [2.24, 2.45) is 0 Å². The van der Waals surface area contributed by atoms with E-state index in [1.54, 1.807) is 10.5 Å². The van der Waals surface area contributed by atoms with Crippen LogP contribution in [0.25, 0.3) is 5.52 Å². The maximum absolute atomic E-state index is 11.1. The molecule has 0 spiro atoms. The number of imidazole rings is 1. The first-order valence-electron chi connectivity index (χ1n) is 5.25. The highest BCUT2D eigenvalue weighted by Gasteiger charge is 2.25. The third-order valence-corrected chi connectivity index (χ3v) is 2.49. The Morgan fingerprint density at radius 3 is 2.53 bits per heavy atom. The van der Waals surface area contributed by atoms with Crippen molar-refractivity contribution in [2.75, 3.05) is 0 Å². The van der Waals surface area contributed by atoms with Crippen molar-refractivity contribution >= 4 is 11.5 Å². The molecule has 0 atom stereocenters. The Morgan fingerprint density at radius 2 is 2.00 bits per heavy atom. The van der Waals surface area contributed by atoms with E-state index in [2.05, 4.69) is 4.98 Å². The topological polar surface area (TPSA) is 74.8 Å². The number of fused-ring (bicyclic) bond motifs is 1. The summed E-state index contributed by atoms with van der Waals surface area (Å²) in [5.74, 6) is -0.373. The molecule has 0 amide bonds. The minimum absolute atomic E-state index is 0.00919. The van der Waals surface area contributed by atoms with E-state index in [0.29, 0.717) is 11.3 Å². The van der Waals surface area contributed by atoms with Crippen LogP contribution in [0.5, 0.6) is 5.75 Å². The molecule has 2 heterocycles. The molecule has 2 aromatic heterocycles. The van der Waals surface area contributed by atoms with E-state index in [1.165, 1.54) is 12.3 Å². The van der Waals surface area contributed by atoms with Crippen LogP contribution in [0.3, 0.4) is 0 Å². The predicted molar refractivity (Wildman–Crippen MR) is 62.5 cm³/mol. The van der Waals surface area contributed by atoms with Crippen LogP contribution in [0.4, 0.5) is 0 Å². The van der Waals surface area contributed by atoms with Crippen molar-refractivity contribution in [3.05, 3.63) is 29.8 Å². The van der Waals surface area contributed by atoms with Crippen LogP contribution in [0, 0.1) is 0 Å². The Kier molecular flexibility index (Phi) is 2.34. The average Bonchev–Trinajstić information content (AvgIpc) is 2.55. The summed E-state index contributed by atoms with van der Waals surface area (Å²) in [5, 5.41) is 18.6. The molecule has 0 unspecified atom stereocenters. The highest BCUT2D eigenvalue weighted by Crippen LogP contribution is 2.26. The van der Waals surface area contributed by atoms with E-state index in [9.17, 15) is 9.90 Å². The van der Waals surface area contributed by atoms with Gasteiger partial charge in [0.15, 0.2) is 5.69 Å². The fourth-order valence-corrected chi connectivity index (χ4v) is 1.76. The molecule has 0 saturated heterocycles. The zero-order valence-electron chi connectivity index (χ0n) is 9.93. The second-order valence-corrected chi connectivity index (χ2v) is 4.98. The molecule has 0 aliphatic carbocycles. The lowest BCUT2D eigenvalue weighted by Crippen LogP contribution is -2.15. The van der Waals surface area contributed by atoms with E-state index in [0.717, 1.165) is 0 Å². The quantitative estimate of drug-likeness (QED) is 0.791. The van der Waals surface area contributed by atoms with Gasteiger partial charge in [-0.3, -0.25) is 4.40 Å². The minimum Gasteiger partial charge on any atom is -0.506 e. The van der Waals surface area contributed by atoms with Gasteiger partial charge in [-0.2, -0.15) is 0 Å². The fraction of sp³-hybridized carbons (Fsp3) is 0.333. The van der Waals surface area contributed by atoms with Crippen LogP contribution in [0.2, 0.25) is 0 Å². The number of aromatic carboxylic acids is 1. The molecule has 0 aromatic carbocycles. The van der Waals surface area contributed by atoms with E-state index in [4.69, 9.17) is 5.11 Å². The molecule has 0 saturated carbocycles. The van der Waals surface area contributed by atoms with Crippen molar-refractivity contribution in [2.45, 2.75) is 26.2 Å². The fourth-order valence-electron chi connectivity index (χ4n) is 1.76. The van der Waals surface area contributed by atoms with Crippen LogP contribution < -0.4 is 0 Å². The summed E-state index contributed by atoms with van der Waals surface area (Å²) in [6, 6.07) is 3.01. The second-order valence-electron chi connectivity index (χ2n) is 4.98. The van der Waals surface area contributed by atoms with Gasteiger partial charge >= 0.3 is 5.97 Å². The molecule has 5 nitrogen and oxygen atoms in total. The Bertz CT molecular complexity index is 594. The van der Waals surface area contributed by atoms with Crippen LogP contribution in [0.15, 0.2) is 18.3 Å². The second kappa shape index (κ2) is 3.48. The molecule has 0 aliphatic rings. The average molecular weight is 234 g/mol. The maximum atomic E-state index is 11.1. The van der Waals surface area contributed by atoms with Gasteiger partial charge in [-0.1, -0.05) is 20.8 Å². The van der Waals surface area contributed by atoms with Gasteiger partial charge in [0.05, 0.1) is 11.7 Å². The number of nitrogens with zero attached hydrogens (tertiary/aromatic N) is 2. The molecular weight excluding hydrogens is 220 g/mol. The Balaban J connectivity index is 2.85. The number of hydrogen-bond donors (Lipinski definition) is 2. The Hall–Kier alpha value is -2.04. The number of hydrogen-bond acceptors (Lipinski definition) is 3.